The Morgan fingerprint density at radius 1 is 0.913 bits per heavy atom. The molecule has 0 aliphatic carbocycles. The van der Waals surface area contributed by atoms with Gasteiger partial charge in [0.15, 0.2) is 0 Å². The predicted molar refractivity (Wildman–Crippen MR) is 92.6 cm³/mol. The maximum atomic E-state index is 12.0. The van der Waals surface area contributed by atoms with Crippen LogP contribution >= 0.6 is 0 Å². The van der Waals surface area contributed by atoms with E-state index in [9.17, 15) is 9.59 Å². The van der Waals surface area contributed by atoms with Crippen LogP contribution in [-0.4, -0.2) is 32.5 Å². The third kappa shape index (κ3) is 4.85. The molecule has 0 heterocycles. The van der Waals surface area contributed by atoms with E-state index < -0.39 is 11.8 Å². The lowest BCUT2D eigenvalue weighted by Gasteiger charge is -2.17. The number of para-hydroxylation sites is 2. The second kappa shape index (κ2) is 7.98. The first-order valence-electron chi connectivity index (χ1n) is 7.47. The summed E-state index contributed by atoms with van der Waals surface area (Å²) in [6.07, 6.45) is 0.689. The Morgan fingerprint density at radius 3 is 2.26 bits per heavy atom. The molecule has 2 amide bonds. The Labute approximate surface area is 136 Å². The van der Waals surface area contributed by atoms with Gasteiger partial charge in [-0.25, -0.2) is 0 Å². The summed E-state index contributed by atoms with van der Waals surface area (Å²) in [4.78, 5) is 25.7. The second-order valence-electron chi connectivity index (χ2n) is 5.36. The number of rotatable bonds is 5. The molecule has 0 aliphatic rings. The number of carbonyl (C=O) groups excluding carboxylic acids is 2. The molecule has 23 heavy (non-hydrogen) atoms. The van der Waals surface area contributed by atoms with Gasteiger partial charge in [-0.1, -0.05) is 42.5 Å². The van der Waals surface area contributed by atoms with Crippen molar-refractivity contribution in [1.29, 1.82) is 0 Å². The second-order valence-corrected chi connectivity index (χ2v) is 5.36. The van der Waals surface area contributed by atoms with Gasteiger partial charge in [0.25, 0.3) is 0 Å². The predicted octanol–water partition coefficient (Wildman–Crippen LogP) is 2.05. The average molecular weight is 311 g/mol. The smallest absolute Gasteiger partial charge is 0.313 e. The highest BCUT2D eigenvalue weighted by atomic mass is 16.2. The van der Waals surface area contributed by atoms with Gasteiger partial charge in [0, 0.05) is 20.6 Å². The van der Waals surface area contributed by atoms with Crippen LogP contribution in [-0.2, 0) is 16.0 Å². The van der Waals surface area contributed by atoms with Crippen LogP contribution in [0.3, 0.4) is 0 Å². The molecule has 0 radical (unpaired) electrons. The van der Waals surface area contributed by atoms with Gasteiger partial charge in [0.05, 0.1) is 11.4 Å². The number of anilines is 2. The van der Waals surface area contributed by atoms with E-state index in [-0.39, 0.29) is 0 Å². The quantitative estimate of drug-likeness (QED) is 0.831. The number of nitrogens with one attached hydrogen (secondary N) is 2. The molecule has 5 nitrogen and oxygen atoms in total. The molecular weight excluding hydrogens is 290 g/mol. The Bertz CT molecular complexity index is 669. The van der Waals surface area contributed by atoms with Crippen LogP contribution in [0.5, 0.6) is 0 Å². The largest absolute Gasteiger partial charge is 0.376 e. The zero-order valence-corrected chi connectivity index (χ0v) is 13.4. The monoisotopic (exact) mass is 311 g/mol. The summed E-state index contributed by atoms with van der Waals surface area (Å²) in [5, 5.41) is 5.28. The molecule has 0 aliphatic heterocycles. The van der Waals surface area contributed by atoms with Crippen molar-refractivity contribution in [1.82, 2.24) is 5.32 Å². The van der Waals surface area contributed by atoms with E-state index >= 15 is 0 Å². The lowest BCUT2D eigenvalue weighted by atomic mass is 10.1. The van der Waals surface area contributed by atoms with Crippen molar-refractivity contribution in [3.8, 4) is 0 Å². The summed E-state index contributed by atoms with van der Waals surface area (Å²) in [6.45, 7) is 0.422. The molecule has 120 valence electrons. The fourth-order valence-corrected chi connectivity index (χ4v) is 2.19. The van der Waals surface area contributed by atoms with Crippen molar-refractivity contribution < 1.29 is 9.59 Å². The van der Waals surface area contributed by atoms with Gasteiger partial charge in [-0.2, -0.15) is 0 Å². The first-order valence-corrected chi connectivity index (χ1v) is 7.47. The summed E-state index contributed by atoms with van der Waals surface area (Å²) >= 11 is 0. The highest BCUT2D eigenvalue weighted by molar-refractivity contribution is 6.39. The number of nitrogens with zero attached hydrogens (tertiary/aromatic N) is 1. The van der Waals surface area contributed by atoms with Crippen LogP contribution in [0, 0.1) is 0 Å². The highest BCUT2D eigenvalue weighted by Gasteiger charge is 2.15. The molecule has 0 unspecified atom stereocenters. The maximum absolute atomic E-state index is 12.0. The third-order valence-electron chi connectivity index (χ3n) is 3.38. The molecule has 0 spiro atoms. The standard InChI is InChI=1S/C18H21N3O2/c1-21(2)16-11-7-6-10-15(16)20-18(23)17(22)19-13-12-14-8-4-3-5-9-14/h3-11H,12-13H2,1-2H3,(H,19,22)(H,20,23). The Kier molecular flexibility index (Phi) is 5.74. The minimum absolute atomic E-state index is 0.422. The number of hydrogen-bond donors (Lipinski definition) is 2. The van der Waals surface area contributed by atoms with E-state index in [2.05, 4.69) is 10.6 Å². The molecule has 2 aromatic carbocycles. The number of amides is 2. The van der Waals surface area contributed by atoms with E-state index in [0.29, 0.717) is 18.7 Å². The van der Waals surface area contributed by atoms with E-state index in [4.69, 9.17) is 0 Å². The van der Waals surface area contributed by atoms with Gasteiger partial charge in [-0.05, 0) is 24.1 Å². The molecule has 0 atom stereocenters. The van der Waals surface area contributed by atoms with Gasteiger partial charge in [0.2, 0.25) is 0 Å². The molecule has 2 rings (SSSR count). The van der Waals surface area contributed by atoms with Gasteiger partial charge < -0.3 is 15.5 Å². The zero-order chi connectivity index (χ0) is 16.7. The van der Waals surface area contributed by atoms with Gasteiger partial charge >= 0.3 is 11.8 Å². The topological polar surface area (TPSA) is 61.4 Å². The molecule has 0 saturated heterocycles. The molecule has 0 aromatic heterocycles. The van der Waals surface area contributed by atoms with Crippen LogP contribution in [0.15, 0.2) is 54.6 Å². The zero-order valence-electron chi connectivity index (χ0n) is 13.4. The molecule has 0 saturated carbocycles. The van der Waals surface area contributed by atoms with E-state index in [1.54, 1.807) is 6.07 Å². The summed E-state index contributed by atoms with van der Waals surface area (Å²) in [6, 6.07) is 17.1. The number of hydrogen-bond acceptors (Lipinski definition) is 3. The Hall–Kier alpha value is -2.82. The number of carbonyl (C=O) groups is 2. The van der Waals surface area contributed by atoms with E-state index in [1.165, 1.54) is 0 Å². The van der Waals surface area contributed by atoms with Crippen molar-refractivity contribution in [3.63, 3.8) is 0 Å². The average Bonchev–Trinajstić information content (AvgIpc) is 2.56. The summed E-state index contributed by atoms with van der Waals surface area (Å²) in [7, 11) is 3.76. The van der Waals surface area contributed by atoms with E-state index in [0.717, 1.165) is 11.3 Å². The van der Waals surface area contributed by atoms with Crippen LogP contribution in [0.25, 0.3) is 0 Å². The summed E-state index contributed by atoms with van der Waals surface area (Å²) in [5.74, 6) is -1.29. The van der Waals surface area contributed by atoms with Crippen molar-refractivity contribution in [2.24, 2.45) is 0 Å². The van der Waals surface area contributed by atoms with Crippen molar-refractivity contribution >= 4 is 23.2 Å². The lowest BCUT2D eigenvalue weighted by Crippen LogP contribution is -2.36. The Balaban J connectivity index is 1.87. The van der Waals surface area contributed by atoms with Gasteiger partial charge in [0.1, 0.15) is 0 Å². The van der Waals surface area contributed by atoms with Gasteiger partial charge in [-0.15, -0.1) is 0 Å². The first kappa shape index (κ1) is 16.5. The Morgan fingerprint density at radius 2 is 1.57 bits per heavy atom. The summed E-state index contributed by atoms with van der Waals surface area (Å²) < 4.78 is 0. The van der Waals surface area contributed by atoms with Crippen LogP contribution in [0.4, 0.5) is 11.4 Å². The molecule has 2 N–H and O–H groups in total. The van der Waals surface area contributed by atoms with Crippen LogP contribution < -0.4 is 15.5 Å². The lowest BCUT2D eigenvalue weighted by molar-refractivity contribution is -0.136. The third-order valence-corrected chi connectivity index (χ3v) is 3.38. The minimum Gasteiger partial charge on any atom is -0.376 e. The SMILES string of the molecule is CN(C)c1ccccc1NC(=O)C(=O)NCCc1ccccc1. The normalized spacial score (nSPS) is 10.0. The molecule has 0 fully saturated rings. The van der Waals surface area contributed by atoms with Crippen LogP contribution in [0.1, 0.15) is 5.56 Å². The molecule has 5 heteroatoms. The fourth-order valence-electron chi connectivity index (χ4n) is 2.19. The van der Waals surface area contributed by atoms with E-state index in [1.807, 2.05) is 67.5 Å². The van der Waals surface area contributed by atoms with Crippen molar-refractivity contribution in [3.05, 3.63) is 60.2 Å². The molecular formula is C18H21N3O2. The van der Waals surface area contributed by atoms with Crippen LogP contribution in [0.2, 0.25) is 0 Å². The van der Waals surface area contributed by atoms with Gasteiger partial charge in [-0.3, -0.25) is 9.59 Å². The highest BCUT2D eigenvalue weighted by Crippen LogP contribution is 2.23. The van der Waals surface area contributed by atoms with Crippen molar-refractivity contribution in [2.45, 2.75) is 6.42 Å². The minimum atomic E-state index is -0.660. The summed E-state index contributed by atoms with van der Waals surface area (Å²) in [5.41, 5.74) is 2.57. The first-order chi connectivity index (χ1) is 11.1. The molecule has 0 bridgehead atoms. The fraction of sp³-hybridized carbons (Fsp3) is 0.222. The van der Waals surface area contributed by atoms with Crippen molar-refractivity contribution in [2.75, 3.05) is 30.9 Å². The molecule has 2 aromatic rings. The number of benzene rings is 2. The maximum Gasteiger partial charge on any atom is 0.313 e.